The number of amides is 2. The number of halogens is 2. The molecule has 0 radical (unpaired) electrons. The predicted octanol–water partition coefficient (Wildman–Crippen LogP) is 5.78. The number of sulfonamides is 1. The van der Waals surface area contributed by atoms with Crippen LogP contribution in [0.3, 0.4) is 0 Å². The first kappa shape index (κ1) is 32.2. The lowest BCUT2D eigenvalue weighted by atomic mass is 10.1. The van der Waals surface area contributed by atoms with Crippen LogP contribution in [0.2, 0.25) is 10.0 Å². The number of anilines is 1. The van der Waals surface area contributed by atoms with Gasteiger partial charge in [-0.1, -0.05) is 73.4 Å². The molecule has 2 amide bonds. The predicted molar refractivity (Wildman–Crippen MR) is 163 cm³/mol. The summed E-state index contributed by atoms with van der Waals surface area (Å²) < 4.78 is 34.7. The molecule has 0 aliphatic heterocycles. The van der Waals surface area contributed by atoms with Crippen molar-refractivity contribution in [2.24, 2.45) is 5.92 Å². The van der Waals surface area contributed by atoms with Gasteiger partial charge in [0.2, 0.25) is 11.8 Å². The molecule has 1 N–H and O–H groups in total. The third kappa shape index (κ3) is 8.38. The second kappa shape index (κ2) is 14.6. The number of hydrogen-bond acceptors (Lipinski definition) is 5. The Morgan fingerprint density at radius 3 is 2.24 bits per heavy atom. The van der Waals surface area contributed by atoms with Crippen LogP contribution in [-0.2, 0) is 26.2 Å². The van der Waals surface area contributed by atoms with Gasteiger partial charge in [0.25, 0.3) is 10.0 Å². The zero-order valence-electron chi connectivity index (χ0n) is 23.5. The van der Waals surface area contributed by atoms with E-state index in [1.165, 1.54) is 17.0 Å². The first-order chi connectivity index (χ1) is 19.4. The van der Waals surface area contributed by atoms with E-state index in [1.54, 1.807) is 74.5 Å². The van der Waals surface area contributed by atoms with E-state index >= 15 is 0 Å². The van der Waals surface area contributed by atoms with Crippen molar-refractivity contribution < 1.29 is 22.7 Å². The molecule has 0 saturated heterocycles. The first-order valence-electron chi connectivity index (χ1n) is 13.3. The van der Waals surface area contributed by atoms with Crippen molar-refractivity contribution in [3.8, 4) is 5.75 Å². The standard InChI is InChI=1S/C30H35Cl2N3O5S/c1-5-40-28-14-10-9-13-27(28)35(41(38,39)25-11-7-6-8-12-25)20-29(36)34(22(4)30(37)33-18-21(2)3)19-23-15-16-24(31)17-26(23)32/h6-17,21-22H,5,18-20H2,1-4H3,(H,33,37). The molecule has 0 aromatic heterocycles. The van der Waals surface area contributed by atoms with Crippen LogP contribution in [0, 0.1) is 5.92 Å². The molecule has 11 heteroatoms. The maximum absolute atomic E-state index is 14.1. The third-order valence-corrected chi connectivity index (χ3v) is 8.61. The van der Waals surface area contributed by atoms with Gasteiger partial charge < -0.3 is 15.0 Å². The topological polar surface area (TPSA) is 96.0 Å². The molecule has 0 heterocycles. The summed E-state index contributed by atoms with van der Waals surface area (Å²) in [5.41, 5.74) is 0.757. The van der Waals surface area contributed by atoms with E-state index < -0.39 is 28.5 Å². The summed E-state index contributed by atoms with van der Waals surface area (Å²) in [6.45, 7) is 7.38. The van der Waals surface area contributed by atoms with Gasteiger partial charge in [-0.05, 0) is 61.7 Å². The van der Waals surface area contributed by atoms with E-state index in [9.17, 15) is 18.0 Å². The highest BCUT2D eigenvalue weighted by molar-refractivity contribution is 7.92. The Bertz CT molecular complexity index is 1450. The van der Waals surface area contributed by atoms with Crippen molar-refractivity contribution in [2.45, 2.75) is 45.2 Å². The maximum Gasteiger partial charge on any atom is 0.264 e. The molecule has 41 heavy (non-hydrogen) atoms. The fourth-order valence-corrected chi connectivity index (χ4v) is 5.96. The average molecular weight is 621 g/mol. The minimum Gasteiger partial charge on any atom is -0.492 e. The van der Waals surface area contributed by atoms with Gasteiger partial charge in [-0.15, -0.1) is 0 Å². The van der Waals surface area contributed by atoms with Crippen LogP contribution in [0.15, 0.2) is 77.7 Å². The van der Waals surface area contributed by atoms with E-state index in [2.05, 4.69) is 5.32 Å². The SMILES string of the molecule is CCOc1ccccc1N(CC(=O)N(Cc1ccc(Cl)cc1Cl)C(C)C(=O)NCC(C)C)S(=O)(=O)c1ccccc1. The number of carbonyl (C=O) groups excluding carboxylic acids is 2. The minimum atomic E-state index is -4.22. The van der Waals surface area contributed by atoms with E-state index in [1.807, 2.05) is 13.8 Å². The Kier molecular flexibility index (Phi) is 11.5. The van der Waals surface area contributed by atoms with Crippen molar-refractivity contribution in [1.82, 2.24) is 10.2 Å². The van der Waals surface area contributed by atoms with Gasteiger partial charge in [-0.2, -0.15) is 0 Å². The summed E-state index contributed by atoms with van der Waals surface area (Å²) >= 11 is 12.5. The number of hydrogen-bond donors (Lipinski definition) is 1. The second-order valence-electron chi connectivity index (χ2n) is 9.80. The number of nitrogens with zero attached hydrogens (tertiary/aromatic N) is 2. The lowest BCUT2D eigenvalue weighted by Crippen LogP contribution is -2.51. The van der Waals surface area contributed by atoms with E-state index in [0.29, 0.717) is 34.5 Å². The molecule has 0 fully saturated rings. The van der Waals surface area contributed by atoms with E-state index in [4.69, 9.17) is 27.9 Å². The van der Waals surface area contributed by atoms with Crippen molar-refractivity contribution in [3.05, 3.63) is 88.4 Å². The molecular weight excluding hydrogens is 585 g/mol. The molecule has 3 aromatic carbocycles. The maximum atomic E-state index is 14.1. The van der Waals surface area contributed by atoms with Crippen molar-refractivity contribution in [1.29, 1.82) is 0 Å². The van der Waals surface area contributed by atoms with Crippen LogP contribution in [0.5, 0.6) is 5.75 Å². The van der Waals surface area contributed by atoms with Crippen molar-refractivity contribution in [3.63, 3.8) is 0 Å². The lowest BCUT2D eigenvalue weighted by molar-refractivity contribution is -0.139. The van der Waals surface area contributed by atoms with Gasteiger partial charge in [-0.3, -0.25) is 13.9 Å². The number of ether oxygens (including phenoxy) is 1. The highest BCUT2D eigenvalue weighted by atomic mass is 35.5. The van der Waals surface area contributed by atoms with Gasteiger partial charge in [0.05, 0.1) is 17.2 Å². The zero-order valence-corrected chi connectivity index (χ0v) is 25.8. The number of benzene rings is 3. The van der Waals surface area contributed by atoms with E-state index in [-0.39, 0.29) is 29.0 Å². The Morgan fingerprint density at radius 1 is 0.951 bits per heavy atom. The molecule has 0 spiro atoms. The highest BCUT2D eigenvalue weighted by Crippen LogP contribution is 2.33. The van der Waals surface area contributed by atoms with Gasteiger partial charge in [0, 0.05) is 23.1 Å². The summed E-state index contributed by atoms with van der Waals surface area (Å²) in [4.78, 5) is 28.5. The average Bonchev–Trinajstić information content (AvgIpc) is 2.94. The van der Waals surface area contributed by atoms with Crippen molar-refractivity contribution >= 4 is 50.7 Å². The smallest absolute Gasteiger partial charge is 0.264 e. The molecule has 1 unspecified atom stereocenters. The lowest BCUT2D eigenvalue weighted by Gasteiger charge is -2.32. The molecule has 8 nitrogen and oxygen atoms in total. The van der Waals surface area contributed by atoms with E-state index in [0.717, 1.165) is 4.31 Å². The molecule has 0 aliphatic carbocycles. The van der Waals surface area contributed by atoms with Crippen LogP contribution in [-0.4, -0.2) is 50.9 Å². The largest absolute Gasteiger partial charge is 0.492 e. The summed E-state index contributed by atoms with van der Waals surface area (Å²) in [6, 6.07) is 18.4. The summed E-state index contributed by atoms with van der Waals surface area (Å²) in [7, 11) is -4.22. The van der Waals surface area contributed by atoms with Gasteiger partial charge in [-0.25, -0.2) is 8.42 Å². The summed E-state index contributed by atoms with van der Waals surface area (Å²) in [6.07, 6.45) is 0. The molecule has 0 bridgehead atoms. The third-order valence-electron chi connectivity index (χ3n) is 6.25. The summed E-state index contributed by atoms with van der Waals surface area (Å²) in [5, 5.41) is 3.60. The fraction of sp³-hybridized carbons (Fsp3) is 0.333. The highest BCUT2D eigenvalue weighted by Gasteiger charge is 2.34. The minimum absolute atomic E-state index is 0.00845. The van der Waals surface area contributed by atoms with Crippen LogP contribution in [0.4, 0.5) is 5.69 Å². The van der Waals surface area contributed by atoms with Crippen LogP contribution < -0.4 is 14.4 Å². The first-order valence-corrected chi connectivity index (χ1v) is 15.5. The Balaban J connectivity index is 2.07. The number of carbonyl (C=O) groups is 2. The molecule has 3 aromatic rings. The normalized spacial score (nSPS) is 12.1. The Hall–Kier alpha value is -3.27. The van der Waals surface area contributed by atoms with Crippen LogP contribution >= 0.6 is 23.2 Å². The van der Waals surface area contributed by atoms with Crippen LogP contribution in [0.25, 0.3) is 0 Å². The van der Waals surface area contributed by atoms with Gasteiger partial charge in [0.1, 0.15) is 18.3 Å². The Morgan fingerprint density at radius 2 is 1.61 bits per heavy atom. The van der Waals surface area contributed by atoms with Crippen LogP contribution in [0.1, 0.15) is 33.3 Å². The molecular formula is C30H35Cl2N3O5S. The number of rotatable bonds is 13. The molecule has 1 atom stereocenters. The van der Waals surface area contributed by atoms with Gasteiger partial charge >= 0.3 is 0 Å². The fourth-order valence-electron chi connectivity index (χ4n) is 4.04. The number of nitrogens with one attached hydrogen (secondary N) is 1. The second-order valence-corrected chi connectivity index (χ2v) is 12.5. The summed E-state index contributed by atoms with van der Waals surface area (Å²) in [5.74, 6) is -0.474. The van der Waals surface area contributed by atoms with Gasteiger partial charge in [0.15, 0.2) is 0 Å². The quantitative estimate of drug-likeness (QED) is 0.262. The number of para-hydroxylation sites is 2. The molecule has 3 rings (SSSR count). The monoisotopic (exact) mass is 619 g/mol. The Labute approximate surface area is 252 Å². The molecule has 0 aliphatic rings. The van der Waals surface area contributed by atoms with Crippen molar-refractivity contribution in [2.75, 3.05) is 24.0 Å². The zero-order chi connectivity index (χ0) is 30.2. The molecule has 220 valence electrons. The molecule has 0 saturated carbocycles.